The summed E-state index contributed by atoms with van der Waals surface area (Å²) in [6.45, 7) is 2.21. The normalized spacial score (nSPS) is 23.8. The Kier molecular flexibility index (Phi) is 2.80. The third-order valence-electron chi connectivity index (χ3n) is 3.73. The Morgan fingerprint density at radius 1 is 1.44 bits per heavy atom. The number of hydrogen-bond donors (Lipinski definition) is 2. The molecule has 0 bridgehead atoms. The van der Waals surface area contributed by atoms with Crippen LogP contribution in [0.5, 0.6) is 0 Å². The molecule has 2 heterocycles. The van der Waals surface area contributed by atoms with Crippen LogP contribution in [0.1, 0.15) is 24.8 Å². The van der Waals surface area contributed by atoms with Crippen LogP contribution in [-0.4, -0.2) is 35.1 Å². The van der Waals surface area contributed by atoms with Gasteiger partial charge in [0.25, 0.3) is 0 Å². The van der Waals surface area contributed by atoms with Gasteiger partial charge in [-0.25, -0.2) is 4.98 Å². The van der Waals surface area contributed by atoms with Gasteiger partial charge in [-0.15, -0.1) is 0 Å². The topological polar surface area (TPSA) is 78.0 Å². The number of nitriles is 1. The molecule has 1 unspecified atom stereocenters. The molecule has 5 nitrogen and oxygen atoms in total. The minimum Gasteiger partial charge on any atom is -0.395 e. The molecule has 3 N–H and O–H groups in total. The first-order valence-corrected chi connectivity index (χ1v) is 6.43. The molecule has 94 valence electrons. The van der Waals surface area contributed by atoms with Gasteiger partial charge in [-0.05, 0) is 25.3 Å². The fraction of sp³-hybridized carbons (Fsp3) is 0.538. The minimum absolute atomic E-state index is 0.398. The second-order valence-corrected chi connectivity index (χ2v) is 5.09. The lowest BCUT2D eigenvalue weighted by atomic mass is 10.2. The molecule has 2 fully saturated rings. The van der Waals surface area contributed by atoms with E-state index in [1.54, 1.807) is 12.3 Å². The number of nitrogens with one attached hydrogen (secondary N) is 1. The number of hydrogen-bond acceptors (Lipinski definition) is 5. The number of likely N-dealkylation sites (tertiary alicyclic amines) is 1. The highest BCUT2D eigenvalue weighted by Crippen LogP contribution is 2.31. The molecule has 5 heteroatoms. The Balaban J connectivity index is 1.68. The van der Waals surface area contributed by atoms with Crippen LogP contribution < -0.4 is 11.1 Å². The van der Waals surface area contributed by atoms with E-state index in [0.717, 1.165) is 25.6 Å². The standard InChI is InChI=1S/C13H17N5/c14-7-9-3-5-16-13(12(9)15)17-10-4-6-18(8-10)11-1-2-11/h3,5,10-11H,1-2,4,6,8,15H2,(H,16,17). The lowest BCUT2D eigenvalue weighted by molar-refractivity contribution is 0.326. The van der Waals surface area contributed by atoms with E-state index in [9.17, 15) is 0 Å². The maximum Gasteiger partial charge on any atom is 0.150 e. The van der Waals surface area contributed by atoms with Crippen LogP contribution in [0.25, 0.3) is 0 Å². The number of pyridine rings is 1. The molecule has 1 aliphatic heterocycles. The Morgan fingerprint density at radius 3 is 3.00 bits per heavy atom. The van der Waals surface area contributed by atoms with Crippen LogP contribution in [-0.2, 0) is 0 Å². The third-order valence-corrected chi connectivity index (χ3v) is 3.73. The molecule has 3 rings (SSSR count). The zero-order valence-corrected chi connectivity index (χ0v) is 10.3. The Labute approximate surface area is 107 Å². The second-order valence-electron chi connectivity index (χ2n) is 5.09. The largest absolute Gasteiger partial charge is 0.395 e. The first-order valence-electron chi connectivity index (χ1n) is 6.43. The fourth-order valence-electron chi connectivity index (χ4n) is 2.56. The number of nitrogen functional groups attached to an aromatic ring is 1. The highest BCUT2D eigenvalue weighted by molar-refractivity contribution is 5.69. The first-order chi connectivity index (χ1) is 8.78. The van der Waals surface area contributed by atoms with Crippen LogP contribution in [0.3, 0.4) is 0 Å². The molecule has 1 saturated carbocycles. The van der Waals surface area contributed by atoms with Crippen molar-refractivity contribution in [2.45, 2.75) is 31.3 Å². The van der Waals surface area contributed by atoms with Gasteiger partial charge in [0, 0.05) is 31.4 Å². The van der Waals surface area contributed by atoms with E-state index in [-0.39, 0.29) is 0 Å². The van der Waals surface area contributed by atoms with Gasteiger partial charge in [-0.2, -0.15) is 5.26 Å². The minimum atomic E-state index is 0.398. The predicted molar refractivity (Wildman–Crippen MR) is 70.0 cm³/mol. The summed E-state index contributed by atoms with van der Waals surface area (Å²) < 4.78 is 0. The van der Waals surface area contributed by atoms with E-state index >= 15 is 0 Å². The molecule has 1 atom stereocenters. The average Bonchev–Trinajstić information content (AvgIpc) is 3.13. The SMILES string of the molecule is N#Cc1ccnc(NC2CCN(C3CC3)C2)c1N. The molecule has 1 aliphatic carbocycles. The Hall–Kier alpha value is -1.80. The van der Waals surface area contributed by atoms with Gasteiger partial charge < -0.3 is 11.1 Å². The summed E-state index contributed by atoms with van der Waals surface area (Å²) in [6, 6.07) is 4.94. The second kappa shape index (κ2) is 4.46. The number of anilines is 2. The van der Waals surface area contributed by atoms with Crippen LogP contribution in [0, 0.1) is 11.3 Å². The van der Waals surface area contributed by atoms with E-state index in [2.05, 4.69) is 21.3 Å². The highest BCUT2D eigenvalue weighted by Gasteiger charge is 2.34. The molecule has 0 amide bonds. The van der Waals surface area contributed by atoms with E-state index < -0.39 is 0 Å². The van der Waals surface area contributed by atoms with Crippen molar-refractivity contribution in [3.8, 4) is 6.07 Å². The smallest absolute Gasteiger partial charge is 0.150 e. The third kappa shape index (κ3) is 2.12. The lowest BCUT2D eigenvalue weighted by Gasteiger charge is -2.17. The van der Waals surface area contributed by atoms with E-state index in [4.69, 9.17) is 11.0 Å². The number of rotatable bonds is 3. The van der Waals surface area contributed by atoms with Crippen molar-refractivity contribution in [2.24, 2.45) is 0 Å². The fourth-order valence-corrected chi connectivity index (χ4v) is 2.56. The van der Waals surface area contributed by atoms with E-state index in [1.807, 2.05) is 0 Å². The number of nitrogens with two attached hydrogens (primary N) is 1. The average molecular weight is 243 g/mol. The van der Waals surface area contributed by atoms with Crippen molar-refractivity contribution in [3.63, 3.8) is 0 Å². The summed E-state index contributed by atoms with van der Waals surface area (Å²) in [7, 11) is 0. The zero-order chi connectivity index (χ0) is 12.5. The van der Waals surface area contributed by atoms with Crippen molar-refractivity contribution in [2.75, 3.05) is 24.1 Å². The molecular formula is C13H17N5. The van der Waals surface area contributed by atoms with Gasteiger partial charge in [0.05, 0.1) is 11.3 Å². The molecule has 2 aliphatic rings. The van der Waals surface area contributed by atoms with Gasteiger partial charge in [-0.1, -0.05) is 0 Å². The van der Waals surface area contributed by atoms with Crippen molar-refractivity contribution >= 4 is 11.5 Å². The van der Waals surface area contributed by atoms with Gasteiger partial charge in [0.2, 0.25) is 0 Å². The van der Waals surface area contributed by atoms with Gasteiger partial charge >= 0.3 is 0 Å². The highest BCUT2D eigenvalue weighted by atomic mass is 15.2. The molecule has 1 saturated heterocycles. The molecular weight excluding hydrogens is 226 g/mol. The zero-order valence-electron chi connectivity index (χ0n) is 10.3. The maximum absolute atomic E-state index is 8.93. The Bertz CT molecular complexity index is 489. The first kappa shape index (κ1) is 11.3. The Morgan fingerprint density at radius 2 is 2.28 bits per heavy atom. The van der Waals surface area contributed by atoms with Crippen LogP contribution in [0.4, 0.5) is 11.5 Å². The molecule has 0 spiro atoms. The number of nitrogens with zero attached hydrogens (tertiary/aromatic N) is 3. The van der Waals surface area contributed by atoms with Crippen molar-refractivity contribution in [1.29, 1.82) is 5.26 Å². The molecule has 1 aromatic heterocycles. The number of aromatic nitrogens is 1. The summed E-state index contributed by atoms with van der Waals surface area (Å²) in [5, 5.41) is 12.3. The van der Waals surface area contributed by atoms with E-state index in [0.29, 0.717) is 23.1 Å². The van der Waals surface area contributed by atoms with Gasteiger partial charge in [-0.3, -0.25) is 4.90 Å². The predicted octanol–water partition coefficient (Wildman–Crippen LogP) is 1.18. The summed E-state index contributed by atoms with van der Waals surface area (Å²) in [6.07, 6.45) is 5.44. The van der Waals surface area contributed by atoms with E-state index in [1.165, 1.54) is 12.8 Å². The maximum atomic E-state index is 8.93. The van der Waals surface area contributed by atoms with Gasteiger partial charge in [0.15, 0.2) is 5.82 Å². The monoisotopic (exact) mass is 243 g/mol. The van der Waals surface area contributed by atoms with Gasteiger partial charge in [0.1, 0.15) is 6.07 Å². The lowest BCUT2D eigenvalue weighted by Crippen LogP contribution is -2.28. The van der Waals surface area contributed by atoms with Crippen molar-refractivity contribution in [3.05, 3.63) is 17.8 Å². The van der Waals surface area contributed by atoms with Crippen LogP contribution in [0.2, 0.25) is 0 Å². The summed E-state index contributed by atoms with van der Waals surface area (Å²) in [5.41, 5.74) is 6.87. The molecule has 0 radical (unpaired) electrons. The summed E-state index contributed by atoms with van der Waals surface area (Å²) in [4.78, 5) is 6.76. The van der Waals surface area contributed by atoms with Crippen molar-refractivity contribution in [1.82, 2.24) is 9.88 Å². The molecule has 1 aromatic rings. The molecule has 0 aromatic carbocycles. The van der Waals surface area contributed by atoms with Crippen LogP contribution >= 0.6 is 0 Å². The summed E-state index contributed by atoms with van der Waals surface area (Å²) >= 11 is 0. The van der Waals surface area contributed by atoms with Crippen molar-refractivity contribution < 1.29 is 0 Å². The molecule has 18 heavy (non-hydrogen) atoms. The quantitative estimate of drug-likeness (QED) is 0.833. The summed E-state index contributed by atoms with van der Waals surface area (Å²) in [5.74, 6) is 0.650. The van der Waals surface area contributed by atoms with Crippen LogP contribution in [0.15, 0.2) is 12.3 Å².